The Labute approximate surface area is 125 Å². The molecule has 0 saturated carbocycles. The number of hydrogen-bond donors (Lipinski definition) is 2. The van der Waals surface area contributed by atoms with Crippen LogP contribution in [0.1, 0.15) is 41.5 Å². The maximum absolute atomic E-state index is 11.8. The molecular formula is C14H15BrN4O. The molecule has 6 heteroatoms. The number of hydrogen-bond acceptors (Lipinski definition) is 3. The Kier molecular flexibility index (Phi) is 4.68. The summed E-state index contributed by atoms with van der Waals surface area (Å²) in [6.45, 7) is 4.06. The average molecular weight is 335 g/mol. The highest BCUT2D eigenvalue weighted by atomic mass is 79.9. The Balaban J connectivity index is 1.97. The van der Waals surface area contributed by atoms with E-state index in [4.69, 9.17) is 0 Å². The number of nitrogens with zero attached hydrogens (tertiary/aromatic N) is 2. The number of H-pyrrole nitrogens is 1. The molecule has 1 amide bonds. The first kappa shape index (κ1) is 14.5. The molecule has 0 aliphatic heterocycles. The van der Waals surface area contributed by atoms with E-state index in [1.165, 1.54) is 0 Å². The quantitative estimate of drug-likeness (QED) is 0.666. The minimum absolute atomic E-state index is 0.300. The van der Waals surface area contributed by atoms with Gasteiger partial charge in [-0.3, -0.25) is 9.89 Å². The fraction of sp³-hybridized carbons (Fsp3) is 0.214. The maximum atomic E-state index is 11.8. The highest BCUT2D eigenvalue weighted by Gasteiger charge is 2.10. The van der Waals surface area contributed by atoms with Gasteiger partial charge in [0, 0.05) is 10.2 Å². The zero-order chi connectivity index (χ0) is 14.5. The summed E-state index contributed by atoms with van der Waals surface area (Å²) in [6.07, 6.45) is 1.58. The number of carbonyl (C=O) groups excluding carboxylic acids is 1. The van der Waals surface area contributed by atoms with E-state index < -0.39 is 0 Å². The lowest BCUT2D eigenvalue weighted by atomic mass is 10.1. The standard InChI is InChI=1S/C14H15BrN4O/c1-9(2)12-7-13(18-17-12)14(20)19-16-8-10-4-3-5-11(15)6-10/h3-9H,1-2H3,(H,17,18)(H,19,20). The number of aromatic nitrogens is 2. The van der Waals surface area contributed by atoms with Gasteiger partial charge >= 0.3 is 0 Å². The van der Waals surface area contributed by atoms with Crippen LogP contribution in [-0.4, -0.2) is 22.3 Å². The largest absolute Gasteiger partial charge is 0.291 e. The third kappa shape index (κ3) is 3.77. The average Bonchev–Trinajstić information content (AvgIpc) is 2.88. The van der Waals surface area contributed by atoms with Gasteiger partial charge in [-0.1, -0.05) is 41.9 Å². The molecule has 0 saturated heterocycles. The summed E-state index contributed by atoms with van der Waals surface area (Å²) in [5, 5.41) is 10.7. The first-order valence-electron chi connectivity index (χ1n) is 6.20. The Bertz CT molecular complexity index is 634. The van der Waals surface area contributed by atoms with Crippen molar-refractivity contribution in [2.24, 2.45) is 5.10 Å². The van der Waals surface area contributed by atoms with Gasteiger partial charge in [-0.25, -0.2) is 5.43 Å². The normalized spacial score (nSPS) is 11.2. The van der Waals surface area contributed by atoms with E-state index >= 15 is 0 Å². The van der Waals surface area contributed by atoms with Gasteiger partial charge in [-0.05, 0) is 29.7 Å². The number of hydrazone groups is 1. The summed E-state index contributed by atoms with van der Waals surface area (Å²) in [7, 11) is 0. The van der Waals surface area contributed by atoms with Gasteiger partial charge in [-0.2, -0.15) is 10.2 Å². The third-order valence-electron chi connectivity index (χ3n) is 2.68. The molecule has 0 unspecified atom stereocenters. The predicted octanol–water partition coefficient (Wildman–Crippen LogP) is 3.06. The van der Waals surface area contributed by atoms with E-state index in [-0.39, 0.29) is 5.91 Å². The van der Waals surface area contributed by atoms with Gasteiger partial charge in [0.25, 0.3) is 5.91 Å². The second-order valence-electron chi connectivity index (χ2n) is 4.62. The van der Waals surface area contributed by atoms with Crippen molar-refractivity contribution in [3.05, 3.63) is 51.8 Å². The molecule has 1 aromatic carbocycles. The van der Waals surface area contributed by atoms with Gasteiger partial charge in [0.1, 0.15) is 0 Å². The van der Waals surface area contributed by atoms with Crippen LogP contribution in [0.2, 0.25) is 0 Å². The molecule has 104 valence electrons. The van der Waals surface area contributed by atoms with Crippen molar-refractivity contribution >= 4 is 28.1 Å². The summed E-state index contributed by atoms with van der Waals surface area (Å²) >= 11 is 3.37. The topological polar surface area (TPSA) is 70.1 Å². The smallest absolute Gasteiger partial charge is 0.282 e. The van der Waals surface area contributed by atoms with Crippen LogP contribution >= 0.6 is 15.9 Å². The van der Waals surface area contributed by atoms with Crippen molar-refractivity contribution in [3.63, 3.8) is 0 Å². The highest BCUT2D eigenvalue weighted by Crippen LogP contribution is 2.12. The van der Waals surface area contributed by atoms with Crippen molar-refractivity contribution in [1.29, 1.82) is 0 Å². The van der Waals surface area contributed by atoms with Crippen molar-refractivity contribution in [2.45, 2.75) is 19.8 Å². The summed E-state index contributed by atoms with van der Waals surface area (Å²) in [5.74, 6) is -0.0337. The van der Waals surface area contributed by atoms with Crippen LogP contribution in [-0.2, 0) is 0 Å². The molecule has 2 N–H and O–H groups in total. The fourth-order valence-corrected chi connectivity index (χ4v) is 1.98. The number of aromatic amines is 1. The summed E-state index contributed by atoms with van der Waals surface area (Å²) in [6, 6.07) is 9.35. The van der Waals surface area contributed by atoms with Gasteiger partial charge < -0.3 is 0 Å². The van der Waals surface area contributed by atoms with E-state index in [0.717, 1.165) is 15.7 Å². The van der Waals surface area contributed by atoms with Crippen molar-refractivity contribution in [2.75, 3.05) is 0 Å². The van der Waals surface area contributed by atoms with Gasteiger partial charge in [0.15, 0.2) is 5.69 Å². The van der Waals surface area contributed by atoms with E-state index in [2.05, 4.69) is 36.7 Å². The molecule has 5 nitrogen and oxygen atoms in total. The second kappa shape index (κ2) is 6.47. The third-order valence-corrected chi connectivity index (χ3v) is 3.17. The molecule has 0 radical (unpaired) electrons. The fourth-order valence-electron chi connectivity index (χ4n) is 1.56. The molecule has 0 bridgehead atoms. The maximum Gasteiger partial charge on any atom is 0.291 e. The number of carbonyl (C=O) groups is 1. The molecule has 1 heterocycles. The molecule has 1 aromatic heterocycles. The van der Waals surface area contributed by atoms with Crippen molar-refractivity contribution in [3.8, 4) is 0 Å². The van der Waals surface area contributed by atoms with Gasteiger partial charge in [0.2, 0.25) is 0 Å². The monoisotopic (exact) mass is 334 g/mol. The molecule has 20 heavy (non-hydrogen) atoms. The van der Waals surface area contributed by atoms with Crippen LogP contribution in [0.15, 0.2) is 39.9 Å². The molecule has 0 spiro atoms. The molecule has 2 rings (SSSR count). The number of rotatable bonds is 4. The molecule has 0 fully saturated rings. The number of nitrogens with one attached hydrogen (secondary N) is 2. The summed E-state index contributed by atoms with van der Waals surface area (Å²) < 4.78 is 0.960. The summed E-state index contributed by atoms with van der Waals surface area (Å²) in [5.41, 5.74) is 4.60. The van der Waals surface area contributed by atoms with E-state index in [9.17, 15) is 4.79 Å². The second-order valence-corrected chi connectivity index (χ2v) is 5.53. The Morgan fingerprint density at radius 2 is 2.25 bits per heavy atom. The number of halogens is 1. The number of benzene rings is 1. The van der Waals surface area contributed by atoms with Crippen LogP contribution < -0.4 is 5.43 Å². The van der Waals surface area contributed by atoms with Crippen LogP contribution in [0, 0.1) is 0 Å². The Hall–Kier alpha value is -1.95. The van der Waals surface area contributed by atoms with Crippen molar-refractivity contribution in [1.82, 2.24) is 15.6 Å². The summed E-state index contributed by atoms with van der Waals surface area (Å²) in [4.78, 5) is 11.8. The lowest BCUT2D eigenvalue weighted by Crippen LogP contribution is -2.18. The minimum Gasteiger partial charge on any atom is -0.282 e. The van der Waals surface area contributed by atoms with Gasteiger partial charge in [-0.15, -0.1) is 0 Å². The molecule has 0 aliphatic carbocycles. The van der Waals surface area contributed by atoms with Crippen molar-refractivity contribution < 1.29 is 4.79 Å². The SMILES string of the molecule is CC(C)c1cc(C(=O)NN=Cc2cccc(Br)c2)n[nH]1. The zero-order valence-corrected chi connectivity index (χ0v) is 12.8. The first-order valence-corrected chi connectivity index (χ1v) is 7.00. The van der Waals surface area contributed by atoms with E-state index in [0.29, 0.717) is 11.6 Å². The molecule has 0 aliphatic rings. The lowest BCUT2D eigenvalue weighted by molar-refractivity contribution is 0.0950. The highest BCUT2D eigenvalue weighted by molar-refractivity contribution is 9.10. The molecule has 2 aromatic rings. The Morgan fingerprint density at radius 3 is 2.90 bits per heavy atom. The zero-order valence-electron chi connectivity index (χ0n) is 11.2. The Morgan fingerprint density at radius 1 is 1.45 bits per heavy atom. The molecule has 0 atom stereocenters. The van der Waals surface area contributed by atoms with Crippen LogP contribution in [0.3, 0.4) is 0 Å². The van der Waals surface area contributed by atoms with Crippen LogP contribution in [0.4, 0.5) is 0 Å². The predicted molar refractivity (Wildman–Crippen MR) is 81.9 cm³/mol. The van der Waals surface area contributed by atoms with E-state index in [1.807, 2.05) is 38.1 Å². The van der Waals surface area contributed by atoms with Crippen LogP contribution in [0.5, 0.6) is 0 Å². The van der Waals surface area contributed by atoms with Crippen LogP contribution in [0.25, 0.3) is 0 Å². The molecular weight excluding hydrogens is 320 g/mol. The lowest BCUT2D eigenvalue weighted by Gasteiger charge is -1.97. The van der Waals surface area contributed by atoms with E-state index in [1.54, 1.807) is 12.3 Å². The number of amides is 1. The first-order chi connectivity index (χ1) is 9.56. The van der Waals surface area contributed by atoms with Gasteiger partial charge in [0.05, 0.1) is 6.21 Å². The minimum atomic E-state index is -0.334.